The first-order valence-corrected chi connectivity index (χ1v) is 6.56. The van der Waals surface area contributed by atoms with Crippen LogP contribution in [-0.4, -0.2) is 12.2 Å². The quantitative estimate of drug-likeness (QED) is 0.888. The molecule has 5 heteroatoms. The molecule has 0 saturated carbocycles. The molecule has 0 fully saturated rings. The minimum atomic E-state index is -0.496. The lowest BCUT2D eigenvalue weighted by atomic mass is 10.1. The van der Waals surface area contributed by atoms with E-state index in [1.54, 1.807) is 37.3 Å². The van der Waals surface area contributed by atoms with Crippen LogP contribution in [0.25, 0.3) is 0 Å². The topological polar surface area (TPSA) is 64.7 Å². The van der Waals surface area contributed by atoms with E-state index >= 15 is 0 Å². The first-order valence-electron chi connectivity index (χ1n) is 6.56. The molecule has 1 unspecified atom stereocenters. The fourth-order valence-electron chi connectivity index (χ4n) is 2.06. The van der Waals surface area contributed by atoms with Gasteiger partial charge in [0.1, 0.15) is 11.6 Å². The van der Waals surface area contributed by atoms with Gasteiger partial charge in [-0.2, -0.15) is 0 Å². The number of aliphatic hydroxyl groups excluding tert-OH is 1. The molecule has 0 aliphatic heterocycles. The van der Waals surface area contributed by atoms with E-state index in [0.717, 1.165) is 0 Å². The second kappa shape index (κ2) is 6.56. The fraction of sp³-hybridized carbons (Fsp3) is 0.250. The van der Waals surface area contributed by atoms with Gasteiger partial charge in [0.15, 0.2) is 11.5 Å². The van der Waals surface area contributed by atoms with E-state index in [-0.39, 0.29) is 6.61 Å². The van der Waals surface area contributed by atoms with Gasteiger partial charge < -0.3 is 20.3 Å². The molecular formula is C16H18FNO3. The highest BCUT2D eigenvalue weighted by Crippen LogP contribution is 2.36. The first kappa shape index (κ1) is 15.3. The second-order valence-corrected chi connectivity index (χ2v) is 4.69. The molecule has 21 heavy (non-hydrogen) atoms. The average molecular weight is 291 g/mol. The van der Waals surface area contributed by atoms with Crippen molar-refractivity contribution in [3.8, 4) is 17.2 Å². The molecule has 0 bridgehead atoms. The van der Waals surface area contributed by atoms with Crippen molar-refractivity contribution in [1.82, 2.24) is 0 Å². The summed E-state index contributed by atoms with van der Waals surface area (Å²) in [5.74, 6) is 0.831. The van der Waals surface area contributed by atoms with E-state index < -0.39 is 11.9 Å². The van der Waals surface area contributed by atoms with Crippen molar-refractivity contribution >= 4 is 0 Å². The van der Waals surface area contributed by atoms with Crippen molar-refractivity contribution in [2.24, 2.45) is 5.73 Å². The van der Waals surface area contributed by atoms with E-state index in [1.807, 2.05) is 0 Å². The summed E-state index contributed by atoms with van der Waals surface area (Å²) in [6.45, 7) is 1.60. The molecule has 2 aromatic carbocycles. The van der Waals surface area contributed by atoms with Crippen molar-refractivity contribution in [3.05, 3.63) is 53.3 Å². The lowest BCUT2D eigenvalue weighted by Gasteiger charge is -2.16. The Bertz CT molecular complexity index is 629. The molecule has 1 atom stereocenters. The van der Waals surface area contributed by atoms with E-state index in [2.05, 4.69) is 0 Å². The fourth-order valence-corrected chi connectivity index (χ4v) is 2.06. The number of hydrogen-bond acceptors (Lipinski definition) is 4. The minimum Gasteiger partial charge on any atom is -0.493 e. The highest BCUT2D eigenvalue weighted by Gasteiger charge is 2.16. The molecule has 3 N–H and O–H groups in total. The summed E-state index contributed by atoms with van der Waals surface area (Å²) in [4.78, 5) is 0. The molecule has 2 aromatic rings. The maximum absolute atomic E-state index is 13.9. The van der Waals surface area contributed by atoms with Gasteiger partial charge in [0, 0.05) is 11.6 Å². The lowest BCUT2D eigenvalue weighted by molar-refractivity contribution is 0.280. The Morgan fingerprint density at radius 2 is 1.95 bits per heavy atom. The Morgan fingerprint density at radius 1 is 1.19 bits per heavy atom. The van der Waals surface area contributed by atoms with Crippen molar-refractivity contribution in [1.29, 1.82) is 0 Å². The Hall–Kier alpha value is -2.11. The third-order valence-corrected chi connectivity index (χ3v) is 3.10. The van der Waals surface area contributed by atoms with Crippen LogP contribution in [0.1, 0.15) is 24.1 Å². The second-order valence-electron chi connectivity index (χ2n) is 4.69. The van der Waals surface area contributed by atoms with Crippen LogP contribution in [0, 0.1) is 5.82 Å². The molecule has 2 rings (SSSR count). The summed E-state index contributed by atoms with van der Waals surface area (Å²) < 4.78 is 24.9. The highest BCUT2D eigenvalue weighted by molar-refractivity contribution is 5.47. The summed E-state index contributed by atoms with van der Waals surface area (Å²) in [5, 5.41) is 9.13. The SMILES string of the molecule is COc1cc(CO)ccc1Oc1cccc(F)c1C(C)N. The number of nitrogens with two attached hydrogens (primary N) is 1. The monoisotopic (exact) mass is 291 g/mol. The Labute approximate surface area is 122 Å². The molecule has 4 nitrogen and oxygen atoms in total. The molecule has 0 aliphatic rings. The van der Waals surface area contributed by atoms with Gasteiger partial charge in [0.25, 0.3) is 0 Å². The van der Waals surface area contributed by atoms with E-state index in [4.69, 9.17) is 20.3 Å². The molecule has 112 valence electrons. The minimum absolute atomic E-state index is 0.0955. The molecule has 0 heterocycles. The van der Waals surface area contributed by atoms with Crippen molar-refractivity contribution < 1.29 is 19.0 Å². The predicted molar refractivity (Wildman–Crippen MR) is 78.0 cm³/mol. The van der Waals surface area contributed by atoms with Gasteiger partial charge in [-0.15, -0.1) is 0 Å². The van der Waals surface area contributed by atoms with Crippen LogP contribution < -0.4 is 15.2 Å². The van der Waals surface area contributed by atoms with Gasteiger partial charge in [0.2, 0.25) is 0 Å². The molecule has 0 aliphatic carbocycles. The average Bonchev–Trinajstić information content (AvgIpc) is 2.47. The van der Waals surface area contributed by atoms with Gasteiger partial charge in [-0.05, 0) is 36.8 Å². The maximum atomic E-state index is 13.9. The zero-order chi connectivity index (χ0) is 15.4. The number of rotatable bonds is 5. The molecule has 0 aromatic heterocycles. The van der Waals surface area contributed by atoms with Gasteiger partial charge in [0.05, 0.1) is 13.7 Å². The number of aliphatic hydroxyl groups is 1. The smallest absolute Gasteiger partial charge is 0.169 e. The van der Waals surface area contributed by atoms with Crippen LogP contribution in [0.2, 0.25) is 0 Å². The van der Waals surface area contributed by atoms with Gasteiger partial charge >= 0.3 is 0 Å². The van der Waals surface area contributed by atoms with E-state index in [1.165, 1.54) is 13.2 Å². The molecular weight excluding hydrogens is 273 g/mol. The standard InChI is InChI=1S/C16H18FNO3/c1-10(18)16-12(17)4-3-5-14(16)21-13-7-6-11(9-19)8-15(13)20-2/h3-8,10,19H,9,18H2,1-2H3. The van der Waals surface area contributed by atoms with Crippen LogP contribution in [0.4, 0.5) is 4.39 Å². The zero-order valence-electron chi connectivity index (χ0n) is 12.0. The Kier molecular flexibility index (Phi) is 4.77. The largest absolute Gasteiger partial charge is 0.493 e. The predicted octanol–water partition coefficient (Wildman–Crippen LogP) is 3.14. The Morgan fingerprint density at radius 3 is 2.57 bits per heavy atom. The number of ether oxygens (including phenoxy) is 2. The number of benzene rings is 2. The number of halogens is 1. The first-order chi connectivity index (χ1) is 10.1. The maximum Gasteiger partial charge on any atom is 0.169 e. The summed E-state index contributed by atoms with van der Waals surface area (Å²) in [5.41, 5.74) is 6.81. The molecule has 0 spiro atoms. The van der Waals surface area contributed by atoms with Crippen molar-refractivity contribution in [2.75, 3.05) is 7.11 Å². The summed E-state index contributed by atoms with van der Waals surface area (Å²) in [7, 11) is 1.50. The van der Waals surface area contributed by atoms with E-state index in [0.29, 0.717) is 28.4 Å². The van der Waals surface area contributed by atoms with Crippen LogP contribution in [0.5, 0.6) is 17.2 Å². The summed E-state index contributed by atoms with van der Waals surface area (Å²) in [6.07, 6.45) is 0. The van der Waals surface area contributed by atoms with Crippen LogP contribution in [0.15, 0.2) is 36.4 Å². The van der Waals surface area contributed by atoms with Gasteiger partial charge in [-0.1, -0.05) is 12.1 Å². The van der Waals surface area contributed by atoms with Crippen molar-refractivity contribution in [3.63, 3.8) is 0 Å². The van der Waals surface area contributed by atoms with Gasteiger partial charge in [-0.3, -0.25) is 0 Å². The van der Waals surface area contributed by atoms with Crippen molar-refractivity contribution in [2.45, 2.75) is 19.6 Å². The van der Waals surface area contributed by atoms with Gasteiger partial charge in [-0.25, -0.2) is 4.39 Å². The normalized spacial score (nSPS) is 12.0. The highest BCUT2D eigenvalue weighted by atomic mass is 19.1. The molecule has 0 amide bonds. The molecule has 0 radical (unpaired) electrons. The van der Waals surface area contributed by atoms with Crippen LogP contribution >= 0.6 is 0 Å². The van der Waals surface area contributed by atoms with E-state index in [9.17, 15) is 4.39 Å². The lowest BCUT2D eigenvalue weighted by Crippen LogP contribution is -2.09. The van der Waals surface area contributed by atoms with Crippen LogP contribution in [0.3, 0.4) is 0 Å². The summed E-state index contributed by atoms with van der Waals surface area (Å²) >= 11 is 0. The van der Waals surface area contributed by atoms with Crippen LogP contribution in [-0.2, 0) is 6.61 Å². The zero-order valence-corrected chi connectivity index (χ0v) is 12.0. The summed E-state index contributed by atoms with van der Waals surface area (Å²) in [6, 6.07) is 9.11. The third-order valence-electron chi connectivity index (χ3n) is 3.10. The Balaban J connectivity index is 2.41. The number of methoxy groups -OCH3 is 1. The number of hydrogen-bond donors (Lipinski definition) is 2. The molecule has 0 saturated heterocycles. The third kappa shape index (κ3) is 3.32.